The molecule has 1 aliphatic heterocycles. The highest BCUT2D eigenvalue weighted by atomic mass is 32.2. The van der Waals surface area contributed by atoms with Crippen LogP contribution in [-0.2, 0) is 19.9 Å². The third-order valence-electron chi connectivity index (χ3n) is 4.46. The molecule has 1 unspecified atom stereocenters. The van der Waals surface area contributed by atoms with Gasteiger partial charge in [-0.05, 0) is 30.0 Å². The van der Waals surface area contributed by atoms with E-state index >= 15 is 0 Å². The highest BCUT2D eigenvalue weighted by Crippen LogP contribution is 2.31. The van der Waals surface area contributed by atoms with Crippen LogP contribution in [0.25, 0.3) is 0 Å². The molecule has 0 saturated carbocycles. The van der Waals surface area contributed by atoms with Gasteiger partial charge in [0.25, 0.3) is 0 Å². The van der Waals surface area contributed by atoms with Gasteiger partial charge in [-0.2, -0.15) is 4.31 Å². The minimum atomic E-state index is -3.73. The molecule has 0 bridgehead atoms. The molecular formula is C15H24N2O4S2. The summed E-state index contributed by atoms with van der Waals surface area (Å²) in [5.74, 6) is -0.0674. The van der Waals surface area contributed by atoms with E-state index in [0.717, 1.165) is 0 Å². The number of sulfonamides is 1. The molecule has 23 heavy (non-hydrogen) atoms. The van der Waals surface area contributed by atoms with Crippen LogP contribution >= 0.6 is 0 Å². The van der Waals surface area contributed by atoms with Crippen LogP contribution < -0.4 is 5.73 Å². The number of hydrogen-bond donors (Lipinski definition) is 1. The fraction of sp³-hybridized carbons (Fsp3) is 0.600. The molecule has 8 heteroatoms. The maximum atomic E-state index is 12.8. The summed E-state index contributed by atoms with van der Waals surface area (Å²) in [5, 5.41) is 0. The molecule has 1 aromatic rings. The standard InChI is InChI=1S/C15H24N2O4S2/c1-4-22(18,19)12-6-5-7-13(10-12)23(20,21)17-9-8-14(16)15(2,3)11-17/h5-7,10,14H,4,8-9,11,16H2,1-3H3. The predicted molar refractivity (Wildman–Crippen MR) is 89.3 cm³/mol. The van der Waals surface area contributed by atoms with Gasteiger partial charge in [-0.25, -0.2) is 16.8 Å². The minimum Gasteiger partial charge on any atom is -0.327 e. The van der Waals surface area contributed by atoms with Crippen molar-refractivity contribution in [3.05, 3.63) is 24.3 Å². The normalized spacial score (nSPS) is 22.9. The molecule has 0 radical (unpaired) electrons. The summed E-state index contributed by atoms with van der Waals surface area (Å²) in [6.45, 7) is 6.08. The van der Waals surface area contributed by atoms with E-state index in [-0.39, 0.29) is 27.0 Å². The quantitative estimate of drug-likeness (QED) is 0.871. The molecule has 2 rings (SSSR count). The number of nitrogens with two attached hydrogens (primary N) is 1. The van der Waals surface area contributed by atoms with Gasteiger partial charge in [0, 0.05) is 19.1 Å². The lowest BCUT2D eigenvalue weighted by atomic mass is 9.81. The average molecular weight is 361 g/mol. The monoisotopic (exact) mass is 360 g/mol. The van der Waals surface area contributed by atoms with Gasteiger partial charge in [0.2, 0.25) is 10.0 Å². The summed E-state index contributed by atoms with van der Waals surface area (Å²) in [5.41, 5.74) is 5.73. The van der Waals surface area contributed by atoms with E-state index in [1.54, 1.807) is 0 Å². The van der Waals surface area contributed by atoms with Gasteiger partial charge in [0.05, 0.1) is 15.5 Å². The van der Waals surface area contributed by atoms with Crippen LogP contribution in [0.1, 0.15) is 27.2 Å². The van der Waals surface area contributed by atoms with Crippen molar-refractivity contribution >= 4 is 19.9 Å². The maximum absolute atomic E-state index is 12.8. The Hall–Kier alpha value is -0.960. The summed E-state index contributed by atoms with van der Waals surface area (Å²) >= 11 is 0. The van der Waals surface area contributed by atoms with E-state index in [0.29, 0.717) is 19.5 Å². The van der Waals surface area contributed by atoms with Gasteiger partial charge >= 0.3 is 0 Å². The molecule has 1 aliphatic rings. The molecule has 1 saturated heterocycles. The Morgan fingerprint density at radius 1 is 1.22 bits per heavy atom. The second-order valence-electron chi connectivity index (χ2n) is 6.60. The summed E-state index contributed by atoms with van der Waals surface area (Å²) < 4.78 is 51.0. The maximum Gasteiger partial charge on any atom is 0.243 e. The van der Waals surface area contributed by atoms with Crippen LogP contribution in [0.15, 0.2) is 34.1 Å². The Kier molecular flexibility index (Phi) is 4.92. The van der Waals surface area contributed by atoms with E-state index in [9.17, 15) is 16.8 Å². The van der Waals surface area contributed by atoms with Crippen molar-refractivity contribution in [2.24, 2.45) is 11.1 Å². The lowest BCUT2D eigenvalue weighted by Gasteiger charge is -2.41. The first-order chi connectivity index (χ1) is 10.5. The highest BCUT2D eigenvalue weighted by molar-refractivity contribution is 7.91. The van der Waals surface area contributed by atoms with Gasteiger partial charge in [0.1, 0.15) is 0 Å². The van der Waals surface area contributed by atoms with Crippen molar-refractivity contribution in [2.45, 2.75) is 43.0 Å². The molecule has 6 nitrogen and oxygen atoms in total. The molecule has 0 aromatic heterocycles. The van der Waals surface area contributed by atoms with Crippen LogP contribution in [-0.4, -0.2) is 46.0 Å². The smallest absolute Gasteiger partial charge is 0.243 e. The first kappa shape index (κ1) is 18.4. The average Bonchev–Trinajstić information content (AvgIpc) is 2.50. The number of piperidine rings is 1. The number of rotatable bonds is 4. The van der Waals surface area contributed by atoms with E-state index in [2.05, 4.69) is 0 Å². The van der Waals surface area contributed by atoms with Crippen LogP contribution in [0.3, 0.4) is 0 Å². The van der Waals surface area contributed by atoms with Crippen molar-refractivity contribution in [3.8, 4) is 0 Å². The van der Waals surface area contributed by atoms with Crippen molar-refractivity contribution in [3.63, 3.8) is 0 Å². The SMILES string of the molecule is CCS(=O)(=O)c1cccc(S(=O)(=O)N2CCC(N)C(C)(C)C2)c1. The number of sulfone groups is 1. The lowest BCUT2D eigenvalue weighted by Crippen LogP contribution is -2.53. The number of benzene rings is 1. The largest absolute Gasteiger partial charge is 0.327 e. The van der Waals surface area contributed by atoms with E-state index < -0.39 is 19.9 Å². The van der Waals surface area contributed by atoms with Crippen LogP contribution in [0.4, 0.5) is 0 Å². The zero-order chi connectivity index (χ0) is 17.5. The van der Waals surface area contributed by atoms with Gasteiger partial charge in [-0.1, -0.05) is 26.8 Å². The second-order valence-corrected chi connectivity index (χ2v) is 10.8. The molecule has 0 aliphatic carbocycles. The van der Waals surface area contributed by atoms with Crippen molar-refractivity contribution in [1.82, 2.24) is 4.31 Å². The molecule has 1 fully saturated rings. The van der Waals surface area contributed by atoms with Gasteiger partial charge < -0.3 is 5.73 Å². The van der Waals surface area contributed by atoms with E-state index in [1.807, 2.05) is 13.8 Å². The number of hydrogen-bond acceptors (Lipinski definition) is 5. The molecule has 130 valence electrons. The van der Waals surface area contributed by atoms with Gasteiger partial charge in [-0.15, -0.1) is 0 Å². The fourth-order valence-corrected chi connectivity index (χ4v) is 5.35. The zero-order valence-corrected chi connectivity index (χ0v) is 15.3. The first-order valence-electron chi connectivity index (χ1n) is 7.59. The second kappa shape index (κ2) is 6.16. The molecule has 2 N–H and O–H groups in total. The van der Waals surface area contributed by atoms with Gasteiger partial charge in [-0.3, -0.25) is 0 Å². The topological polar surface area (TPSA) is 97.5 Å². The van der Waals surface area contributed by atoms with Crippen molar-refractivity contribution < 1.29 is 16.8 Å². The van der Waals surface area contributed by atoms with Crippen LogP contribution in [0.5, 0.6) is 0 Å². The Labute approximate surface area is 138 Å². The Balaban J connectivity index is 2.40. The minimum absolute atomic E-state index is 0.0123. The highest BCUT2D eigenvalue weighted by Gasteiger charge is 2.39. The molecular weight excluding hydrogens is 336 g/mol. The van der Waals surface area contributed by atoms with Gasteiger partial charge in [0.15, 0.2) is 9.84 Å². The van der Waals surface area contributed by atoms with Crippen molar-refractivity contribution in [2.75, 3.05) is 18.8 Å². The zero-order valence-electron chi connectivity index (χ0n) is 13.7. The molecule has 1 atom stereocenters. The van der Waals surface area contributed by atoms with Crippen LogP contribution in [0.2, 0.25) is 0 Å². The summed E-state index contributed by atoms with van der Waals surface area (Å²) in [7, 11) is -7.18. The summed E-state index contributed by atoms with van der Waals surface area (Å²) in [4.78, 5) is 0.0485. The van der Waals surface area contributed by atoms with Crippen LogP contribution in [0, 0.1) is 5.41 Å². The van der Waals surface area contributed by atoms with Crippen molar-refractivity contribution in [1.29, 1.82) is 0 Å². The summed E-state index contributed by atoms with van der Waals surface area (Å²) in [6, 6.07) is 5.52. The predicted octanol–water partition coefficient (Wildman–Crippen LogP) is 1.23. The molecule has 0 amide bonds. The Morgan fingerprint density at radius 3 is 2.39 bits per heavy atom. The lowest BCUT2D eigenvalue weighted by molar-refractivity contribution is 0.155. The first-order valence-corrected chi connectivity index (χ1v) is 10.7. The molecule has 0 spiro atoms. The fourth-order valence-electron chi connectivity index (χ4n) is 2.67. The third-order valence-corrected chi connectivity index (χ3v) is 8.03. The molecule has 1 aromatic carbocycles. The summed E-state index contributed by atoms with van der Waals surface area (Å²) in [6.07, 6.45) is 0.583. The Bertz CT molecular complexity index is 785. The van der Waals surface area contributed by atoms with E-state index in [1.165, 1.54) is 35.5 Å². The Morgan fingerprint density at radius 2 is 1.83 bits per heavy atom. The third kappa shape index (κ3) is 3.60. The number of nitrogens with zero attached hydrogens (tertiary/aromatic N) is 1. The van der Waals surface area contributed by atoms with E-state index in [4.69, 9.17) is 5.73 Å². The molecule has 1 heterocycles.